The summed E-state index contributed by atoms with van der Waals surface area (Å²) in [4.78, 5) is 0. The average molecular weight is 631 g/mol. The first kappa shape index (κ1) is 42.9. The number of unbranched alkanes of at least 4 members (excludes halogenated alkanes) is 30. The Morgan fingerprint density at radius 2 is 0.605 bits per heavy atom. The van der Waals surface area contributed by atoms with Gasteiger partial charge in [0.25, 0.3) is 0 Å². The molecule has 0 spiro atoms. The summed E-state index contributed by atoms with van der Waals surface area (Å²) < 4.78 is 36.0. The second-order valence-corrected chi connectivity index (χ2v) is 14.9. The van der Waals surface area contributed by atoms with E-state index in [2.05, 4.69) is 13.8 Å². The van der Waals surface area contributed by atoms with Crippen LogP contribution in [0.5, 0.6) is 0 Å². The molecule has 0 saturated heterocycles. The molecule has 43 heavy (non-hydrogen) atoms. The monoisotopic (exact) mass is 631 g/mol. The van der Waals surface area contributed by atoms with Gasteiger partial charge in [-0.15, -0.1) is 0 Å². The Kier molecular flexibility index (Phi) is 34.6. The molecule has 0 heterocycles. The van der Waals surface area contributed by atoms with Crippen molar-refractivity contribution in [2.75, 3.05) is 6.61 Å². The first-order valence-corrected chi connectivity index (χ1v) is 21.0. The van der Waals surface area contributed by atoms with Gasteiger partial charge in [-0.2, -0.15) is 8.42 Å². The summed E-state index contributed by atoms with van der Waals surface area (Å²) in [5.41, 5.74) is 0. The number of hydrogen-bond acceptors (Lipinski definition) is 3. The van der Waals surface area contributed by atoms with Crippen LogP contribution in [0, 0.1) is 5.92 Å². The van der Waals surface area contributed by atoms with Gasteiger partial charge < -0.3 is 0 Å². The van der Waals surface area contributed by atoms with Crippen LogP contribution >= 0.6 is 0 Å². The Labute approximate surface area is 271 Å². The Hall–Kier alpha value is -0.130. The van der Waals surface area contributed by atoms with E-state index in [9.17, 15) is 8.42 Å². The van der Waals surface area contributed by atoms with Gasteiger partial charge in [0, 0.05) is 0 Å². The van der Waals surface area contributed by atoms with Crippen molar-refractivity contribution in [3.63, 3.8) is 0 Å². The molecule has 1 unspecified atom stereocenters. The molecule has 0 aromatic carbocycles. The van der Waals surface area contributed by atoms with Gasteiger partial charge in [0.15, 0.2) is 0 Å². The van der Waals surface area contributed by atoms with Gasteiger partial charge in [-0.3, -0.25) is 4.55 Å². The zero-order valence-electron chi connectivity index (χ0n) is 29.4. The number of rotatable bonds is 37. The quantitative estimate of drug-likeness (QED) is 0.0548. The predicted molar refractivity (Wildman–Crippen MR) is 189 cm³/mol. The zero-order valence-corrected chi connectivity index (χ0v) is 30.2. The molecule has 5 heteroatoms. The summed E-state index contributed by atoms with van der Waals surface area (Å²) in [5, 5.41) is 0. The van der Waals surface area contributed by atoms with E-state index in [-0.39, 0.29) is 12.5 Å². The highest BCUT2D eigenvalue weighted by atomic mass is 32.3. The summed E-state index contributed by atoms with van der Waals surface area (Å²) in [7, 11) is -4.34. The molecule has 0 rings (SSSR count). The highest BCUT2D eigenvalue weighted by molar-refractivity contribution is 7.80. The van der Waals surface area contributed by atoms with Crippen molar-refractivity contribution >= 4 is 10.4 Å². The fourth-order valence-electron chi connectivity index (χ4n) is 6.46. The Balaban J connectivity index is 3.62. The summed E-state index contributed by atoms with van der Waals surface area (Å²) in [6.07, 6.45) is 45.6. The third-order valence-electron chi connectivity index (χ3n) is 9.38. The van der Waals surface area contributed by atoms with Crippen LogP contribution in [0.2, 0.25) is 0 Å². The maximum Gasteiger partial charge on any atom is 0.397 e. The fourth-order valence-corrected chi connectivity index (χ4v) is 6.82. The minimum absolute atomic E-state index is 0.135. The van der Waals surface area contributed by atoms with Crippen LogP contribution in [0.3, 0.4) is 0 Å². The second-order valence-electron chi connectivity index (χ2n) is 13.8. The summed E-state index contributed by atoms with van der Waals surface area (Å²) in [6.45, 7) is 4.70. The molecule has 260 valence electrons. The van der Waals surface area contributed by atoms with Crippen molar-refractivity contribution in [3.8, 4) is 0 Å². The van der Waals surface area contributed by atoms with Crippen molar-refractivity contribution in [2.45, 2.75) is 232 Å². The average Bonchev–Trinajstić information content (AvgIpc) is 2.98. The Bertz CT molecular complexity index is 621. The molecule has 0 aliphatic carbocycles. The summed E-state index contributed by atoms with van der Waals surface area (Å²) in [5.74, 6) is 0.237. The molecular formula is C38H78O4S. The largest absolute Gasteiger partial charge is 0.397 e. The van der Waals surface area contributed by atoms with Crippen molar-refractivity contribution < 1.29 is 17.2 Å². The van der Waals surface area contributed by atoms with Crippen LogP contribution in [-0.4, -0.2) is 19.6 Å². The molecule has 0 aromatic heterocycles. The smallest absolute Gasteiger partial charge is 0.264 e. The molecule has 0 amide bonds. The lowest BCUT2D eigenvalue weighted by Gasteiger charge is -2.16. The molecule has 0 radical (unpaired) electrons. The Morgan fingerprint density at radius 1 is 0.395 bits per heavy atom. The topological polar surface area (TPSA) is 63.6 Å². The van der Waals surface area contributed by atoms with Gasteiger partial charge in [-0.25, -0.2) is 4.18 Å². The van der Waals surface area contributed by atoms with E-state index in [1.165, 1.54) is 193 Å². The van der Waals surface area contributed by atoms with E-state index in [1.807, 2.05) is 0 Å². The third kappa shape index (κ3) is 38.0. The van der Waals surface area contributed by atoms with E-state index in [0.29, 0.717) is 0 Å². The maximum atomic E-state index is 11.1. The second kappa shape index (κ2) is 34.7. The lowest BCUT2D eigenvalue weighted by Crippen LogP contribution is -2.14. The normalized spacial score (nSPS) is 12.7. The van der Waals surface area contributed by atoms with Crippen LogP contribution in [-0.2, 0) is 14.6 Å². The standard InChI is InChI=1S/C38H78O4S/c1-3-5-7-9-11-13-15-17-18-19-20-21-22-24-26-28-30-32-34-36-38(37-42-43(39,40)41)35-33-31-29-27-25-23-16-14-12-10-8-6-4-2/h38H,3-37H2,1-2H3,(H,39,40,41). The van der Waals surface area contributed by atoms with E-state index in [4.69, 9.17) is 8.74 Å². The van der Waals surface area contributed by atoms with E-state index < -0.39 is 10.4 Å². The van der Waals surface area contributed by atoms with E-state index in [1.54, 1.807) is 0 Å². The molecule has 4 nitrogen and oxygen atoms in total. The molecular weight excluding hydrogens is 552 g/mol. The van der Waals surface area contributed by atoms with Gasteiger partial charge in [-0.05, 0) is 18.8 Å². The minimum Gasteiger partial charge on any atom is -0.264 e. The van der Waals surface area contributed by atoms with Crippen LogP contribution in [0.25, 0.3) is 0 Å². The zero-order chi connectivity index (χ0) is 31.5. The molecule has 0 fully saturated rings. The van der Waals surface area contributed by atoms with Crippen LogP contribution in [0.4, 0.5) is 0 Å². The van der Waals surface area contributed by atoms with Crippen LogP contribution in [0.1, 0.15) is 232 Å². The molecule has 0 aliphatic heterocycles. The van der Waals surface area contributed by atoms with Crippen molar-refractivity contribution in [3.05, 3.63) is 0 Å². The van der Waals surface area contributed by atoms with E-state index in [0.717, 1.165) is 25.7 Å². The highest BCUT2D eigenvalue weighted by Gasteiger charge is 2.13. The van der Waals surface area contributed by atoms with Gasteiger partial charge in [0.1, 0.15) is 0 Å². The molecule has 0 saturated carbocycles. The van der Waals surface area contributed by atoms with Crippen molar-refractivity contribution in [1.29, 1.82) is 0 Å². The van der Waals surface area contributed by atoms with Gasteiger partial charge in [0.05, 0.1) is 6.61 Å². The van der Waals surface area contributed by atoms with Gasteiger partial charge >= 0.3 is 10.4 Å². The van der Waals surface area contributed by atoms with Crippen molar-refractivity contribution in [2.24, 2.45) is 5.92 Å². The lowest BCUT2D eigenvalue weighted by atomic mass is 9.94. The Morgan fingerprint density at radius 3 is 0.814 bits per heavy atom. The minimum atomic E-state index is -4.34. The van der Waals surface area contributed by atoms with Crippen LogP contribution < -0.4 is 0 Å². The fraction of sp³-hybridized carbons (Fsp3) is 1.00. The van der Waals surface area contributed by atoms with Gasteiger partial charge in [0.2, 0.25) is 0 Å². The molecule has 1 N–H and O–H groups in total. The maximum absolute atomic E-state index is 11.1. The lowest BCUT2D eigenvalue weighted by molar-refractivity contribution is 0.204. The predicted octanol–water partition coefficient (Wildman–Crippen LogP) is 13.7. The summed E-state index contributed by atoms with van der Waals surface area (Å²) >= 11 is 0. The molecule has 0 aliphatic rings. The van der Waals surface area contributed by atoms with E-state index >= 15 is 0 Å². The first-order chi connectivity index (χ1) is 21.0. The van der Waals surface area contributed by atoms with Crippen molar-refractivity contribution in [1.82, 2.24) is 0 Å². The summed E-state index contributed by atoms with van der Waals surface area (Å²) in [6, 6.07) is 0. The number of hydrogen-bond donors (Lipinski definition) is 1. The molecule has 1 atom stereocenters. The third-order valence-corrected chi connectivity index (χ3v) is 9.82. The van der Waals surface area contributed by atoms with Gasteiger partial charge in [-0.1, -0.05) is 219 Å². The first-order valence-electron chi connectivity index (χ1n) is 19.6. The molecule has 0 bridgehead atoms. The van der Waals surface area contributed by atoms with Crippen LogP contribution in [0.15, 0.2) is 0 Å². The molecule has 0 aromatic rings. The highest BCUT2D eigenvalue weighted by Crippen LogP contribution is 2.21. The SMILES string of the molecule is CCCCCCCCCCCCCCCCCCCCCC(CCCCCCCCCCCCCCC)COS(=O)(=O)O.